The van der Waals surface area contributed by atoms with E-state index in [0.717, 1.165) is 5.56 Å². The van der Waals surface area contributed by atoms with Crippen LogP contribution in [-0.4, -0.2) is 30.7 Å². The minimum atomic E-state index is -0.476. The van der Waals surface area contributed by atoms with Crippen LogP contribution < -0.4 is 4.74 Å². The van der Waals surface area contributed by atoms with Gasteiger partial charge in [0.15, 0.2) is 0 Å². The number of fused-ring (bicyclic) bond motifs is 1. The molecule has 0 atom stereocenters. The zero-order valence-electron chi connectivity index (χ0n) is 13.9. The molecule has 0 aliphatic heterocycles. The van der Waals surface area contributed by atoms with E-state index in [1.54, 1.807) is 25.3 Å². The number of methoxy groups -OCH3 is 2. The van der Waals surface area contributed by atoms with Crippen LogP contribution in [-0.2, 0) is 4.74 Å². The predicted octanol–water partition coefficient (Wildman–Crippen LogP) is 3.79. The summed E-state index contributed by atoms with van der Waals surface area (Å²) >= 11 is 0. The molecule has 25 heavy (non-hydrogen) atoms. The molecule has 0 aliphatic carbocycles. The van der Waals surface area contributed by atoms with Crippen molar-refractivity contribution in [2.24, 2.45) is 0 Å². The fraction of sp³-hybridized carbons (Fsp3) is 0.100. The van der Waals surface area contributed by atoms with E-state index in [1.165, 1.54) is 23.9 Å². The average molecular weight is 335 g/mol. The molecule has 0 radical (unpaired) electrons. The second kappa shape index (κ2) is 7.05. The first-order valence-electron chi connectivity index (χ1n) is 7.69. The van der Waals surface area contributed by atoms with E-state index in [1.807, 2.05) is 36.4 Å². The van der Waals surface area contributed by atoms with Gasteiger partial charge in [0.05, 0.1) is 25.3 Å². The Morgan fingerprint density at radius 3 is 2.48 bits per heavy atom. The lowest BCUT2D eigenvalue weighted by atomic mass is 10.2. The van der Waals surface area contributed by atoms with Gasteiger partial charge in [-0.25, -0.2) is 4.79 Å². The monoisotopic (exact) mass is 335 g/mol. The van der Waals surface area contributed by atoms with Gasteiger partial charge in [0.1, 0.15) is 5.75 Å². The van der Waals surface area contributed by atoms with Crippen LogP contribution in [0, 0.1) is 0 Å². The summed E-state index contributed by atoms with van der Waals surface area (Å²) in [5.41, 5.74) is 1.80. The van der Waals surface area contributed by atoms with E-state index < -0.39 is 5.97 Å². The summed E-state index contributed by atoms with van der Waals surface area (Å²) in [6, 6.07) is 14.6. The molecule has 0 amide bonds. The van der Waals surface area contributed by atoms with Gasteiger partial charge in [0.2, 0.25) is 0 Å². The van der Waals surface area contributed by atoms with Gasteiger partial charge in [-0.15, -0.1) is 0 Å². The van der Waals surface area contributed by atoms with Crippen LogP contribution in [0.3, 0.4) is 0 Å². The molecule has 0 bridgehead atoms. The maximum Gasteiger partial charge on any atom is 0.340 e. The van der Waals surface area contributed by atoms with E-state index in [4.69, 9.17) is 9.47 Å². The number of aromatic nitrogens is 1. The number of carbonyl (C=O) groups excluding carboxylic acids is 2. The highest BCUT2D eigenvalue weighted by atomic mass is 16.5. The largest absolute Gasteiger partial charge is 0.496 e. The van der Waals surface area contributed by atoms with Gasteiger partial charge in [-0.3, -0.25) is 9.36 Å². The van der Waals surface area contributed by atoms with E-state index >= 15 is 0 Å². The first-order chi connectivity index (χ1) is 12.2. The first kappa shape index (κ1) is 16.5. The van der Waals surface area contributed by atoms with Crippen LogP contribution in [0.5, 0.6) is 5.75 Å². The number of rotatable bonds is 4. The number of para-hydroxylation sites is 2. The van der Waals surface area contributed by atoms with E-state index in [2.05, 4.69) is 0 Å². The molecule has 5 nitrogen and oxygen atoms in total. The molecule has 126 valence electrons. The van der Waals surface area contributed by atoms with Crippen LogP contribution in [0.4, 0.5) is 0 Å². The lowest BCUT2D eigenvalue weighted by Gasteiger charge is -2.03. The minimum absolute atomic E-state index is 0.266. The Balaban J connectivity index is 2.00. The predicted molar refractivity (Wildman–Crippen MR) is 95.9 cm³/mol. The van der Waals surface area contributed by atoms with Crippen molar-refractivity contribution in [1.82, 2.24) is 4.57 Å². The maximum atomic E-state index is 12.6. The Kier molecular flexibility index (Phi) is 4.66. The molecule has 0 saturated carbocycles. The second-order valence-electron chi connectivity index (χ2n) is 5.34. The topological polar surface area (TPSA) is 57.5 Å². The Labute approximate surface area is 145 Å². The molecule has 0 N–H and O–H groups in total. The fourth-order valence-electron chi connectivity index (χ4n) is 2.68. The summed E-state index contributed by atoms with van der Waals surface area (Å²) in [5.74, 6) is -0.0621. The highest BCUT2D eigenvalue weighted by Gasteiger charge is 2.17. The van der Waals surface area contributed by atoms with Gasteiger partial charge >= 0.3 is 5.97 Å². The molecular formula is C20H17NO4. The number of hydrogen-bond acceptors (Lipinski definition) is 4. The van der Waals surface area contributed by atoms with Gasteiger partial charge < -0.3 is 9.47 Å². The van der Waals surface area contributed by atoms with Crippen LogP contribution in [0.15, 0.2) is 60.8 Å². The van der Waals surface area contributed by atoms with Crippen molar-refractivity contribution in [3.63, 3.8) is 0 Å². The van der Waals surface area contributed by atoms with Crippen LogP contribution >= 0.6 is 0 Å². The van der Waals surface area contributed by atoms with Crippen molar-refractivity contribution >= 4 is 28.9 Å². The Morgan fingerprint density at radius 2 is 1.72 bits per heavy atom. The summed E-state index contributed by atoms with van der Waals surface area (Å²) in [6.07, 6.45) is 4.64. The zero-order valence-corrected chi connectivity index (χ0v) is 13.9. The standard InChI is InChI=1S/C20H17NO4/c1-24-18-10-6-3-7-14(18)11-12-19(22)21-13-16(20(23)25-2)15-8-4-5-9-17(15)21/h3-13H,1-2H3/b12-11+. The Bertz CT molecular complexity index is 969. The van der Waals surface area contributed by atoms with Crippen molar-refractivity contribution in [2.75, 3.05) is 14.2 Å². The third-order valence-corrected chi connectivity index (χ3v) is 3.90. The summed E-state index contributed by atoms with van der Waals surface area (Å²) in [6.45, 7) is 0. The number of carbonyl (C=O) groups is 2. The molecule has 0 unspecified atom stereocenters. The molecule has 1 aromatic heterocycles. The fourth-order valence-corrected chi connectivity index (χ4v) is 2.68. The lowest BCUT2D eigenvalue weighted by Crippen LogP contribution is -2.06. The molecule has 0 aliphatic rings. The number of hydrogen-bond donors (Lipinski definition) is 0. The molecule has 1 heterocycles. The van der Waals surface area contributed by atoms with Gasteiger partial charge in [-0.05, 0) is 18.2 Å². The van der Waals surface area contributed by atoms with Gasteiger partial charge in [-0.1, -0.05) is 36.4 Å². The molecule has 5 heteroatoms. The smallest absolute Gasteiger partial charge is 0.340 e. The van der Waals surface area contributed by atoms with Gasteiger partial charge in [0, 0.05) is 23.2 Å². The number of allylic oxidation sites excluding steroid dienone is 1. The average Bonchev–Trinajstić information content (AvgIpc) is 3.05. The van der Waals surface area contributed by atoms with Crippen LogP contribution in [0.1, 0.15) is 20.7 Å². The molecule has 0 fully saturated rings. The van der Waals surface area contributed by atoms with Crippen molar-refractivity contribution < 1.29 is 19.1 Å². The van der Waals surface area contributed by atoms with Crippen molar-refractivity contribution in [3.8, 4) is 5.75 Å². The molecular weight excluding hydrogens is 318 g/mol. The van der Waals surface area contributed by atoms with Crippen molar-refractivity contribution in [1.29, 1.82) is 0 Å². The highest BCUT2D eigenvalue weighted by Crippen LogP contribution is 2.23. The molecule has 3 aromatic rings. The normalized spacial score (nSPS) is 11.0. The third kappa shape index (κ3) is 3.17. The zero-order chi connectivity index (χ0) is 17.8. The van der Waals surface area contributed by atoms with Crippen LogP contribution in [0.2, 0.25) is 0 Å². The Morgan fingerprint density at radius 1 is 1.00 bits per heavy atom. The second-order valence-corrected chi connectivity index (χ2v) is 5.34. The Hall–Kier alpha value is -3.34. The summed E-state index contributed by atoms with van der Waals surface area (Å²) < 4.78 is 11.5. The van der Waals surface area contributed by atoms with E-state index in [0.29, 0.717) is 22.2 Å². The SMILES string of the molecule is COC(=O)c1cn(C(=O)/C=C/c2ccccc2OC)c2ccccc12. The number of ether oxygens (including phenoxy) is 2. The maximum absolute atomic E-state index is 12.6. The lowest BCUT2D eigenvalue weighted by molar-refractivity contribution is 0.0603. The van der Waals surface area contributed by atoms with Gasteiger partial charge in [0.25, 0.3) is 5.91 Å². The molecule has 3 rings (SSSR count). The van der Waals surface area contributed by atoms with Crippen molar-refractivity contribution in [2.45, 2.75) is 0 Å². The number of esters is 1. The molecule has 2 aromatic carbocycles. The minimum Gasteiger partial charge on any atom is -0.496 e. The van der Waals surface area contributed by atoms with E-state index in [9.17, 15) is 9.59 Å². The molecule has 0 spiro atoms. The number of nitrogens with zero attached hydrogens (tertiary/aromatic N) is 1. The van der Waals surface area contributed by atoms with E-state index in [-0.39, 0.29) is 5.91 Å². The van der Waals surface area contributed by atoms with Gasteiger partial charge in [-0.2, -0.15) is 0 Å². The third-order valence-electron chi connectivity index (χ3n) is 3.90. The summed E-state index contributed by atoms with van der Waals surface area (Å²) in [4.78, 5) is 24.6. The first-order valence-corrected chi connectivity index (χ1v) is 7.69. The summed E-state index contributed by atoms with van der Waals surface area (Å²) in [5, 5.41) is 0.674. The van der Waals surface area contributed by atoms with Crippen molar-refractivity contribution in [3.05, 3.63) is 71.9 Å². The number of benzene rings is 2. The molecule has 0 saturated heterocycles. The highest BCUT2D eigenvalue weighted by molar-refractivity contribution is 6.09. The summed E-state index contributed by atoms with van der Waals surface area (Å²) in [7, 11) is 2.90. The quantitative estimate of drug-likeness (QED) is 0.538. The van der Waals surface area contributed by atoms with Crippen LogP contribution in [0.25, 0.3) is 17.0 Å².